The fourth-order valence-corrected chi connectivity index (χ4v) is 3.62. The predicted octanol–water partition coefficient (Wildman–Crippen LogP) is 4.38. The van der Waals surface area contributed by atoms with E-state index in [1.807, 2.05) is 28.9 Å². The predicted molar refractivity (Wildman–Crippen MR) is 98.3 cm³/mol. The molecule has 1 N–H and O–H groups in total. The van der Waals surface area contributed by atoms with E-state index >= 15 is 0 Å². The number of benzene rings is 2. The van der Waals surface area contributed by atoms with Crippen molar-refractivity contribution in [2.24, 2.45) is 0 Å². The van der Waals surface area contributed by atoms with Crippen LogP contribution in [-0.4, -0.2) is 20.2 Å². The van der Waals surface area contributed by atoms with Crippen molar-refractivity contribution in [3.8, 4) is 0 Å². The van der Waals surface area contributed by atoms with Crippen LogP contribution in [0.1, 0.15) is 55.6 Å². The number of rotatable bonds is 5. The van der Waals surface area contributed by atoms with Crippen molar-refractivity contribution in [3.63, 3.8) is 0 Å². The maximum Gasteiger partial charge on any atom is 0.178 e. The molecule has 1 aliphatic carbocycles. The smallest absolute Gasteiger partial charge is 0.178 e. The highest BCUT2D eigenvalue weighted by Gasteiger charge is 2.26. The fourth-order valence-electron chi connectivity index (χ4n) is 3.62. The van der Waals surface area contributed by atoms with Crippen molar-refractivity contribution in [2.45, 2.75) is 44.2 Å². The van der Waals surface area contributed by atoms with Crippen LogP contribution in [0.2, 0.25) is 0 Å². The number of nitrogens with zero attached hydrogens (tertiary/aromatic N) is 4. The Kier molecular flexibility index (Phi) is 4.72. The normalized spacial score (nSPS) is 16.5. The summed E-state index contributed by atoms with van der Waals surface area (Å²) in [6.45, 7) is 0. The standard InChI is InChI=1S/C20H23N5/c1-4-10-16(11-5-1)19(21-17-12-6-2-7-13-17)20-22-23-24-25(20)18-14-8-3-9-15-18/h1-2,4-7,10-13,18-19,21H,3,8-9,14-15H2/t19-/m0/s1. The van der Waals surface area contributed by atoms with Crippen molar-refractivity contribution in [1.82, 2.24) is 20.2 Å². The summed E-state index contributed by atoms with van der Waals surface area (Å²) in [4.78, 5) is 0. The second-order valence-corrected chi connectivity index (χ2v) is 6.63. The first kappa shape index (κ1) is 15.8. The highest BCUT2D eigenvalue weighted by Crippen LogP contribution is 2.32. The second-order valence-electron chi connectivity index (χ2n) is 6.63. The Bertz CT molecular complexity index is 778. The summed E-state index contributed by atoms with van der Waals surface area (Å²) in [6.07, 6.45) is 6.15. The number of hydrogen-bond acceptors (Lipinski definition) is 4. The van der Waals surface area contributed by atoms with Gasteiger partial charge in [-0.3, -0.25) is 0 Å². The van der Waals surface area contributed by atoms with Gasteiger partial charge in [0, 0.05) is 5.69 Å². The van der Waals surface area contributed by atoms with Gasteiger partial charge in [-0.25, -0.2) is 4.68 Å². The molecule has 5 heteroatoms. The number of anilines is 1. The lowest BCUT2D eigenvalue weighted by Gasteiger charge is -2.26. The molecule has 128 valence electrons. The molecule has 1 saturated carbocycles. The van der Waals surface area contributed by atoms with Crippen LogP contribution in [0.4, 0.5) is 5.69 Å². The van der Waals surface area contributed by atoms with Crippen LogP contribution in [0.5, 0.6) is 0 Å². The average molecular weight is 333 g/mol. The zero-order valence-electron chi connectivity index (χ0n) is 14.3. The van der Waals surface area contributed by atoms with Gasteiger partial charge < -0.3 is 5.32 Å². The summed E-state index contributed by atoms with van der Waals surface area (Å²) >= 11 is 0. The van der Waals surface area contributed by atoms with E-state index in [2.05, 4.69) is 57.2 Å². The highest BCUT2D eigenvalue weighted by molar-refractivity contribution is 5.47. The number of nitrogens with one attached hydrogen (secondary N) is 1. The third-order valence-electron chi connectivity index (χ3n) is 4.91. The van der Waals surface area contributed by atoms with E-state index in [4.69, 9.17) is 0 Å². The molecule has 1 aromatic heterocycles. The van der Waals surface area contributed by atoms with Crippen molar-refractivity contribution >= 4 is 5.69 Å². The molecule has 1 atom stereocenters. The van der Waals surface area contributed by atoms with E-state index in [0.717, 1.165) is 24.4 Å². The minimum Gasteiger partial charge on any atom is -0.371 e. The van der Waals surface area contributed by atoms with Crippen LogP contribution >= 0.6 is 0 Å². The Morgan fingerprint density at radius 2 is 1.56 bits per heavy atom. The number of hydrogen-bond donors (Lipinski definition) is 1. The zero-order chi connectivity index (χ0) is 16.9. The lowest BCUT2D eigenvalue weighted by Crippen LogP contribution is -2.23. The molecule has 0 aliphatic heterocycles. The van der Waals surface area contributed by atoms with Gasteiger partial charge in [-0.1, -0.05) is 67.8 Å². The SMILES string of the molecule is c1ccc(N[C@@H](c2ccccc2)c2nnnn2C2CCCCC2)cc1. The summed E-state index contributed by atoms with van der Waals surface area (Å²) in [5.41, 5.74) is 2.23. The average Bonchev–Trinajstić information content (AvgIpc) is 3.18. The summed E-state index contributed by atoms with van der Waals surface area (Å²) < 4.78 is 2.05. The van der Waals surface area contributed by atoms with Gasteiger partial charge in [0.2, 0.25) is 0 Å². The van der Waals surface area contributed by atoms with Gasteiger partial charge in [-0.2, -0.15) is 0 Å². The van der Waals surface area contributed by atoms with Gasteiger partial charge in [0.15, 0.2) is 5.82 Å². The Labute approximate surface area is 148 Å². The van der Waals surface area contributed by atoms with Gasteiger partial charge in [0.25, 0.3) is 0 Å². The Morgan fingerprint density at radius 1 is 0.880 bits per heavy atom. The maximum atomic E-state index is 4.40. The molecule has 0 saturated heterocycles. The molecular formula is C20H23N5. The lowest BCUT2D eigenvalue weighted by molar-refractivity contribution is 0.315. The number of tetrazole rings is 1. The molecule has 0 radical (unpaired) electrons. The summed E-state index contributed by atoms with van der Waals surface area (Å²) in [5.74, 6) is 0.891. The minimum absolute atomic E-state index is 0.0690. The molecule has 1 heterocycles. The van der Waals surface area contributed by atoms with Gasteiger partial charge in [-0.15, -0.1) is 5.10 Å². The molecule has 1 fully saturated rings. The third kappa shape index (κ3) is 3.55. The first-order valence-corrected chi connectivity index (χ1v) is 9.06. The van der Waals surface area contributed by atoms with Gasteiger partial charge in [-0.05, 0) is 41.0 Å². The minimum atomic E-state index is -0.0690. The fraction of sp³-hybridized carbons (Fsp3) is 0.350. The van der Waals surface area contributed by atoms with Crippen molar-refractivity contribution in [3.05, 3.63) is 72.1 Å². The molecule has 25 heavy (non-hydrogen) atoms. The molecule has 3 aromatic rings. The molecule has 0 amide bonds. The molecule has 5 nitrogen and oxygen atoms in total. The quantitative estimate of drug-likeness (QED) is 0.753. The second kappa shape index (κ2) is 7.47. The van der Waals surface area contributed by atoms with Crippen LogP contribution in [0.3, 0.4) is 0 Å². The maximum absolute atomic E-state index is 4.40. The third-order valence-corrected chi connectivity index (χ3v) is 4.91. The topological polar surface area (TPSA) is 55.6 Å². The molecule has 0 spiro atoms. The number of para-hydroxylation sites is 1. The Hall–Kier alpha value is -2.69. The van der Waals surface area contributed by atoms with Gasteiger partial charge >= 0.3 is 0 Å². The summed E-state index contributed by atoms with van der Waals surface area (Å²) in [6, 6.07) is 21.0. The first-order chi connectivity index (χ1) is 12.4. The summed E-state index contributed by atoms with van der Waals surface area (Å²) in [5, 5.41) is 16.4. The molecule has 4 rings (SSSR count). The van der Waals surface area contributed by atoms with Crippen LogP contribution < -0.4 is 5.32 Å². The van der Waals surface area contributed by atoms with Crippen molar-refractivity contribution in [2.75, 3.05) is 5.32 Å². The van der Waals surface area contributed by atoms with Gasteiger partial charge in [0.05, 0.1) is 6.04 Å². The summed E-state index contributed by atoms with van der Waals surface area (Å²) in [7, 11) is 0. The van der Waals surface area contributed by atoms with Crippen LogP contribution in [-0.2, 0) is 0 Å². The van der Waals surface area contributed by atoms with E-state index < -0.39 is 0 Å². The Morgan fingerprint density at radius 3 is 2.28 bits per heavy atom. The molecular weight excluding hydrogens is 310 g/mol. The highest BCUT2D eigenvalue weighted by atomic mass is 15.6. The molecule has 1 aliphatic rings. The Balaban J connectivity index is 1.70. The largest absolute Gasteiger partial charge is 0.371 e. The lowest BCUT2D eigenvalue weighted by atomic mass is 9.95. The van der Waals surface area contributed by atoms with E-state index in [0.29, 0.717) is 6.04 Å². The van der Waals surface area contributed by atoms with E-state index in [9.17, 15) is 0 Å². The van der Waals surface area contributed by atoms with Gasteiger partial charge in [0.1, 0.15) is 6.04 Å². The van der Waals surface area contributed by atoms with Crippen molar-refractivity contribution < 1.29 is 0 Å². The van der Waals surface area contributed by atoms with Crippen molar-refractivity contribution in [1.29, 1.82) is 0 Å². The van der Waals surface area contributed by atoms with Crippen LogP contribution in [0.15, 0.2) is 60.7 Å². The first-order valence-electron chi connectivity index (χ1n) is 9.06. The van der Waals surface area contributed by atoms with E-state index in [1.165, 1.54) is 24.8 Å². The van der Waals surface area contributed by atoms with E-state index in [1.54, 1.807) is 0 Å². The van der Waals surface area contributed by atoms with E-state index in [-0.39, 0.29) is 6.04 Å². The molecule has 0 unspecified atom stereocenters. The van der Waals surface area contributed by atoms with Crippen LogP contribution in [0, 0.1) is 0 Å². The number of aromatic nitrogens is 4. The molecule has 2 aromatic carbocycles. The van der Waals surface area contributed by atoms with Crippen LogP contribution in [0.25, 0.3) is 0 Å². The monoisotopic (exact) mass is 333 g/mol. The molecule has 0 bridgehead atoms. The zero-order valence-corrected chi connectivity index (χ0v) is 14.3.